The maximum atomic E-state index is 11.7. The molecule has 5 nitrogen and oxygen atoms in total. The fourth-order valence-electron chi connectivity index (χ4n) is 1.46. The zero-order chi connectivity index (χ0) is 13.0. The molecule has 2 N–H and O–H groups in total. The number of carbonyl (C=O) groups is 2. The van der Waals surface area contributed by atoms with Crippen LogP contribution >= 0.6 is 11.8 Å². The lowest BCUT2D eigenvalue weighted by molar-refractivity contribution is -0.106. The molecule has 0 fully saturated rings. The molecular weight excluding hydrogens is 252 g/mol. The normalized spacial score (nSPS) is 14.1. The van der Waals surface area contributed by atoms with Crippen LogP contribution < -0.4 is 15.4 Å². The summed E-state index contributed by atoms with van der Waals surface area (Å²) in [4.78, 5) is 22.6. The first kappa shape index (κ1) is 12.5. The molecule has 1 aliphatic rings. The monoisotopic (exact) mass is 264 g/mol. The SMILES string of the molecule is COc1cccc(NC(=O)NC2=CC(=O)SC2)c1. The average Bonchev–Trinajstić information content (AvgIpc) is 2.74. The van der Waals surface area contributed by atoms with E-state index in [0.29, 0.717) is 22.9 Å². The number of nitrogens with one attached hydrogen (secondary N) is 2. The Kier molecular flexibility index (Phi) is 3.88. The number of anilines is 1. The van der Waals surface area contributed by atoms with E-state index in [0.717, 1.165) is 0 Å². The van der Waals surface area contributed by atoms with E-state index < -0.39 is 0 Å². The van der Waals surface area contributed by atoms with Gasteiger partial charge in [-0.15, -0.1) is 0 Å². The van der Waals surface area contributed by atoms with E-state index in [1.165, 1.54) is 17.8 Å². The summed E-state index contributed by atoms with van der Waals surface area (Å²) in [5, 5.41) is 5.26. The van der Waals surface area contributed by atoms with Gasteiger partial charge in [0.1, 0.15) is 5.75 Å². The summed E-state index contributed by atoms with van der Waals surface area (Å²) in [6, 6.07) is 6.67. The molecule has 2 amide bonds. The van der Waals surface area contributed by atoms with E-state index in [-0.39, 0.29) is 11.1 Å². The smallest absolute Gasteiger partial charge is 0.323 e. The van der Waals surface area contributed by atoms with Crippen molar-refractivity contribution < 1.29 is 14.3 Å². The number of urea groups is 1. The van der Waals surface area contributed by atoms with Crippen molar-refractivity contribution in [2.75, 3.05) is 18.2 Å². The topological polar surface area (TPSA) is 67.4 Å². The number of hydrogen-bond donors (Lipinski definition) is 2. The molecule has 6 heteroatoms. The van der Waals surface area contributed by atoms with Crippen molar-refractivity contribution in [3.8, 4) is 5.75 Å². The summed E-state index contributed by atoms with van der Waals surface area (Å²) < 4.78 is 5.05. The van der Waals surface area contributed by atoms with E-state index in [1.807, 2.05) is 0 Å². The number of methoxy groups -OCH3 is 1. The van der Waals surface area contributed by atoms with Crippen molar-refractivity contribution in [2.24, 2.45) is 0 Å². The molecule has 94 valence electrons. The Morgan fingerprint density at radius 1 is 1.39 bits per heavy atom. The van der Waals surface area contributed by atoms with Gasteiger partial charge in [0.2, 0.25) is 5.12 Å². The van der Waals surface area contributed by atoms with E-state index in [4.69, 9.17) is 4.74 Å². The second kappa shape index (κ2) is 5.59. The first-order valence-electron chi connectivity index (χ1n) is 5.27. The van der Waals surface area contributed by atoms with Gasteiger partial charge in [-0.1, -0.05) is 17.8 Å². The summed E-state index contributed by atoms with van der Waals surface area (Å²) in [7, 11) is 1.56. The fraction of sp³-hybridized carbons (Fsp3) is 0.167. The van der Waals surface area contributed by atoms with Crippen LogP contribution in [-0.2, 0) is 4.79 Å². The molecule has 0 radical (unpaired) electrons. The van der Waals surface area contributed by atoms with Crippen LogP contribution in [0.15, 0.2) is 36.0 Å². The summed E-state index contributed by atoms with van der Waals surface area (Å²) in [5.41, 5.74) is 1.25. The highest BCUT2D eigenvalue weighted by Gasteiger charge is 2.14. The third-order valence-electron chi connectivity index (χ3n) is 2.26. The van der Waals surface area contributed by atoms with Crippen molar-refractivity contribution in [2.45, 2.75) is 0 Å². The largest absolute Gasteiger partial charge is 0.497 e. The average molecular weight is 264 g/mol. The van der Waals surface area contributed by atoms with Gasteiger partial charge in [0, 0.05) is 29.3 Å². The van der Waals surface area contributed by atoms with Crippen molar-refractivity contribution in [3.63, 3.8) is 0 Å². The zero-order valence-corrected chi connectivity index (χ0v) is 10.5. The highest BCUT2D eigenvalue weighted by atomic mass is 32.2. The first-order valence-corrected chi connectivity index (χ1v) is 6.25. The highest BCUT2D eigenvalue weighted by molar-refractivity contribution is 8.14. The Morgan fingerprint density at radius 2 is 2.22 bits per heavy atom. The molecule has 0 spiro atoms. The van der Waals surface area contributed by atoms with Crippen LogP contribution in [0.2, 0.25) is 0 Å². The van der Waals surface area contributed by atoms with Crippen molar-refractivity contribution in [1.82, 2.24) is 5.32 Å². The van der Waals surface area contributed by atoms with Gasteiger partial charge < -0.3 is 15.4 Å². The molecule has 0 aromatic heterocycles. The van der Waals surface area contributed by atoms with Crippen LogP contribution in [0.1, 0.15) is 0 Å². The Balaban J connectivity index is 1.94. The summed E-state index contributed by atoms with van der Waals surface area (Å²) >= 11 is 1.17. The van der Waals surface area contributed by atoms with Gasteiger partial charge in [-0.2, -0.15) is 0 Å². The van der Waals surface area contributed by atoms with Crippen molar-refractivity contribution >= 4 is 28.6 Å². The van der Waals surface area contributed by atoms with Crippen molar-refractivity contribution in [3.05, 3.63) is 36.0 Å². The minimum absolute atomic E-state index is 0.0355. The van der Waals surface area contributed by atoms with E-state index in [9.17, 15) is 9.59 Å². The van der Waals surface area contributed by atoms with Gasteiger partial charge in [0.05, 0.1) is 7.11 Å². The molecule has 1 aromatic carbocycles. The van der Waals surface area contributed by atoms with Gasteiger partial charge in [-0.25, -0.2) is 4.79 Å². The van der Waals surface area contributed by atoms with Crippen LogP contribution in [-0.4, -0.2) is 24.0 Å². The molecule has 0 saturated carbocycles. The zero-order valence-electron chi connectivity index (χ0n) is 9.73. The fourth-order valence-corrected chi connectivity index (χ4v) is 2.13. The summed E-state index contributed by atoms with van der Waals surface area (Å²) in [5.74, 6) is 1.17. The Bertz CT molecular complexity index is 514. The van der Waals surface area contributed by atoms with Gasteiger partial charge in [-0.05, 0) is 12.1 Å². The molecule has 0 atom stereocenters. The first-order chi connectivity index (χ1) is 8.67. The lowest BCUT2D eigenvalue weighted by Crippen LogP contribution is -2.28. The Labute approximate surface area is 109 Å². The number of rotatable bonds is 3. The van der Waals surface area contributed by atoms with Gasteiger partial charge in [-0.3, -0.25) is 4.79 Å². The molecule has 2 rings (SSSR count). The van der Waals surface area contributed by atoms with E-state index in [1.54, 1.807) is 31.4 Å². The number of thioether (sulfide) groups is 1. The molecule has 1 heterocycles. The summed E-state index contributed by atoms with van der Waals surface area (Å²) in [6.45, 7) is 0. The maximum Gasteiger partial charge on any atom is 0.323 e. The minimum Gasteiger partial charge on any atom is -0.497 e. The van der Waals surface area contributed by atoms with Crippen molar-refractivity contribution in [1.29, 1.82) is 0 Å². The lowest BCUT2D eigenvalue weighted by Gasteiger charge is -2.08. The molecule has 18 heavy (non-hydrogen) atoms. The molecule has 0 bridgehead atoms. The Hall–Kier alpha value is -1.95. The van der Waals surface area contributed by atoms with Gasteiger partial charge in [0.15, 0.2) is 0 Å². The number of benzene rings is 1. The number of amides is 2. The second-order valence-electron chi connectivity index (χ2n) is 3.59. The third kappa shape index (κ3) is 3.27. The van der Waals surface area contributed by atoms with Crippen LogP contribution in [0.3, 0.4) is 0 Å². The number of carbonyl (C=O) groups excluding carboxylic acids is 2. The molecular formula is C12H12N2O3S. The molecule has 0 aliphatic carbocycles. The Morgan fingerprint density at radius 3 is 2.89 bits per heavy atom. The predicted octanol–water partition coefficient (Wildman–Crippen LogP) is 1.97. The quantitative estimate of drug-likeness (QED) is 0.876. The van der Waals surface area contributed by atoms with E-state index >= 15 is 0 Å². The van der Waals surface area contributed by atoms with Gasteiger partial charge in [0.25, 0.3) is 0 Å². The summed E-state index contributed by atoms with van der Waals surface area (Å²) in [6.07, 6.45) is 1.43. The lowest BCUT2D eigenvalue weighted by atomic mass is 10.3. The third-order valence-corrected chi connectivity index (χ3v) is 3.12. The second-order valence-corrected chi connectivity index (χ2v) is 4.57. The minimum atomic E-state index is -0.371. The molecule has 0 unspecified atom stereocenters. The van der Waals surface area contributed by atoms with Crippen LogP contribution in [0.25, 0.3) is 0 Å². The molecule has 0 saturated heterocycles. The van der Waals surface area contributed by atoms with Crippen LogP contribution in [0, 0.1) is 0 Å². The van der Waals surface area contributed by atoms with Gasteiger partial charge >= 0.3 is 6.03 Å². The van der Waals surface area contributed by atoms with Crippen LogP contribution in [0.5, 0.6) is 5.75 Å². The van der Waals surface area contributed by atoms with Crippen LogP contribution in [0.4, 0.5) is 10.5 Å². The number of hydrogen-bond acceptors (Lipinski definition) is 4. The molecule has 1 aliphatic heterocycles. The standard InChI is InChI=1S/C12H12N2O3S/c1-17-10-4-2-3-8(5-10)13-12(16)14-9-6-11(15)18-7-9/h2-6H,7H2,1H3,(H2,13,14,16). The predicted molar refractivity (Wildman–Crippen MR) is 70.7 cm³/mol. The molecule has 1 aromatic rings. The number of ether oxygens (including phenoxy) is 1. The maximum absolute atomic E-state index is 11.7. The highest BCUT2D eigenvalue weighted by Crippen LogP contribution is 2.18. The van der Waals surface area contributed by atoms with E-state index in [2.05, 4.69) is 10.6 Å².